The van der Waals surface area contributed by atoms with Gasteiger partial charge in [0.1, 0.15) is 11.2 Å². The van der Waals surface area contributed by atoms with Crippen LogP contribution in [0.25, 0.3) is 176 Å². The fraction of sp³-hybridized carbons (Fsp3) is 0.00840. The Bertz CT molecular complexity index is 8090. The van der Waals surface area contributed by atoms with Crippen LogP contribution in [0.4, 0.5) is 34.1 Å². The summed E-state index contributed by atoms with van der Waals surface area (Å²) >= 11 is 0. The first kappa shape index (κ1) is 71.0. The van der Waals surface area contributed by atoms with Gasteiger partial charge in [0.15, 0.2) is 11.2 Å². The summed E-state index contributed by atoms with van der Waals surface area (Å²) in [6, 6.07) is 170. The molecule has 0 saturated heterocycles. The Balaban J connectivity index is 0.598. The van der Waals surface area contributed by atoms with Crippen LogP contribution >= 0.6 is 0 Å². The van der Waals surface area contributed by atoms with E-state index in [0.717, 1.165) is 139 Å². The summed E-state index contributed by atoms with van der Waals surface area (Å²) in [6.07, 6.45) is 0. The van der Waals surface area contributed by atoms with Crippen LogP contribution < -0.4 is 9.80 Å². The molecule has 0 fully saturated rings. The topological polar surface area (TPSA) is 32.8 Å². The molecule has 123 heavy (non-hydrogen) atoms. The highest BCUT2D eigenvalue weighted by atomic mass is 16.3. The molecule has 0 spiro atoms. The number of para-hydroxylation sites is 6. The van der Waals surface area contributed by atoms with Crippen molar-refractivity contribution in [3.63, 3.8) is 0 Å². The SMILES string of the molecule is c1ccc(C2(c3ccccc3)c3cc(-c4ccc(N(c5ccccc5-c5cccc(-c6cccc7ccccc67)c5)c5cccc6c5oc5ccccc56)cc4)ccc3-c3ccc(-c4ccc(-c5cccc(-c6ccccc6N(c6ccc(-c7ccc8c(ccc9ccccc98)c7)cc6)c6cccc7c6oc6ccccc67)c5)c5ccccc45)cc32)cc1. The quantitative estimate of drug-likeness (QED) is 0.0958. The van der Waals surface area contributed by atoms with E-state index in [-0.39, 0.29) is 0 Å². The number of fused-ring (bicyclic) bond motifs is 14. The number of rotatable bonds is 15. The van der Waals surface area contributed by atoms with Gasteiger partial charge in [-0.05, 0) is 234 Å². The third-order valence-electron chi connectivity index (χ3n) is 25.7. The van der Waals surface area contributed by atoms with Crippen LogP contribution in [0.1, 0.15) is 22.3 Å². The number of benzene rings is 21. The number of furan rings is 2. The van der Waals surface area contributed by atoms with Crippen LogP contribution in [0.2, 0.25) is 0 Å². The highest BCUT2D eigenvalue weighted by molar-refractivity contribution is 6.14. The molecule has 0 bridgehead atoms. The van der Waals surface area contributed by atoms with Crippen molar-refractivity contribution in [2.24, 2.45) is 0 Å². The van der Waals surface area contributed by atoms with Crippen molar-refractivity contribution in [2.45, 2.75) is 5.41 Å². The molecular weight excluding hydrogens is 1490 g/mol. The lowest BCUT2D eigenvalue weighted by atomic mass is 9.67. The van der Waals surface area contributed by atoms with Crippen molar-refractivity contribution >= 4 is 121 Å². The van der Waals surface area contributed by atoms with Gasteiger partial charge in [-0.15, -0.1) is 0 Å². The molecule has 4 heteroatoms. The Morgan fingerprint density at radius 2 is 0.504 bits per heavy atom. The van der Waals surface area contributed by atoms with Crippen molar-refractivity contribution < 1.29 is 8.83 Å². The fourth-order valence-electron chi connectivity index (χ4n) is 20.1. The van der Waals surface area contributed by atoms with Crippen molar-refractivity contribution in [3.8, 4) is 89.0 Å². The highest BCUT2D eigenvalue weighted by Gasteiger charge is 2.47. The normalized spacial score (nSPS) is 12.3. The smallest absolute Gasteiger partial charge is 0.159 e. The zero-order chi connectivity index (χ0) is 81.1. The number of anilines is 6. The van der Waals surface area contributed by atoms with Gasteiger partial charge in [0.2, 0.25) is 0 Å². The van der Waals surface area contributed by atoms with E-state index in [1.54, 1.807) is 0 Å². The largest absolute Gasteiger partial charge is 0.454 e. The average molecular weight is 1570 g/mol. The lowest BCUT2D eigenvalue weighted by Crippen LogP contribution is -2.28. The molecule has 0 N–H and O–H groups in total. The minimum Gasteiger partial charge on any atom is -0.454 e. The predicted octanol–water partition coefficient (Wildman–Crippen LogP) is 33.1. The van der Waals surface area contributed by atoms with E-state index >= 15 is 0 Å². The third-order valence-corrected chi connectivity index (χ3v) is 25.7. The van der Waals surface area contributed by atoms with E-state index in [1.165, 1.54) is 93.2 Å². The lowest BCUT2D eigenvalue weighted by Gasteiger charge is -2.34. The Labute approximate surface area is 712 Å². The molecule has 21 aromatic carbocycles. The second-order valence-electron chi connectivity index (χ2n) is 32.4. The van der Waals surface area contributed by atoms with Gasteiger partial charge in [-0.3, -0.25) is 0 Å². The maximum Gasteiger partial charge on any atom is 0.159 e. The summed E-state index contributed by atoms with van der Waals surface area (Å²) in [4.78, 5) is 4.78. The second-order valence-corrected chi connectivity index (χ2v) is 32.4. The summed E-state index contributed by atoms with van der Waals surface area (Å²) in [5, 5.41) is 14.1. The maximum atomic E-state index is 6.93. The predicted molar refractivity (Wildman–Crippen MR) is 516 cm³/mol. The molecule has 4 nitrogen and oxygen atoms in total. The highest BCUT2D eigenvalue weighted by Crippen LogP contribution is 2.59. The first-order valence-corrected chi connectivity index (χ1v) is 42.3. The molecule has 574 valence electrons. The molecule has 1 aliphatic rings. The molecule has 1 aliphatic carbocycles. The lowest BCUT2D eigenvalue weighted by molar-refractivity contribution is 0.668. The van der Waals surface area contributed by atoms with Gasteiger partial charge in [0.05, 0.1) is 28.2 Å². The zero-order valence-electron chi connectivity index (χ0n) is 67.1. The maximum absolute atomic E-state index is 6.93. The van der Waals surface area contributed by atoms with Crippen LogP contribution in [-0.2, 0) is 5.41 Å². The molecule has 0 aliphatic heterocycles. The molecule has 0 amide bonds. The van der Waals surface area contributed by atoms with Gasteiger partial charge in [0, 0.05) is 44.0 Å². The van der Waals surface area contributed by atoms with Gasteiger partial charge in [-0.25, -0.2) is 0 Å². The Hall–Kier alpha value is -16.1. The molecule has 2 aromatic heterocycles. The van der Waals surface area contributed by atoms with E-state index < -0.39 is 5.41 Å². The van der Waals surface area contributed by atoms with Crippen LogP contribution in [0.3, 0.4) is 0 Å². The first-order chi connectivity index (χ1) is 61.0. The van der Waals surface area contributed by atoms with Crippen LogP contribution in [0.15, 0.2) is 470 Å². The number of nitrogens with zero attached hydrogens (tertiary/aromatic N) is 2. The molecule has 23 aromatic rings. The third kappa shape index (κ3) is 11.7. The standard InChI is InChI=1S/C119H76N2O2/c1-3-33-89(34-4-1)119(90-35-5-2-6-36-90)109-75-82(78-58-65-92(66-59-78)121(114-51-25-47-108-106-44-16-20-53-116(106)123-118(108)114)111-48-17-13-39-99(111)85-31-21-29-83(73-85)95-45-23-28-79-26-7-9-37-93(79)95)61-68-103(109)104-69-62-88(76-110(104)119)98-71-70-97(101-41-11-12-42-102(98)101)84-30-22-32-86(74-84)100-40-14-18-49-112(100)120(113-50-24-46-107-105-43-15-19-52-115(105)122-117(107)113)91-63-56-77(57-64-91)81-60-67-96-87(72-81)55-54-80-27-8-10-38-94(80)96/h1-76H. The Morgan fingerprint density at radius 3 is 1.05 bits per heavy atom. The van der Waals surface area contributed by atoms with E-state index in [9.17, 15) is 0 Å². The molecule has 2 heterocycles. The van der Waals surface area contributed by atoms with Gasteiger partial charge in [0.25, 0.3) is 0 Å². The minimum atomic E-state index is -0.700. The molecule has 0 unspecified atom stereocenters. The zero-order valence-corrected chi connectivity index (χ0v) is 67.1. The second kappa shape index (κ2) is 29.1. The number of hydrogen-bond acceptors (Lipinski definition) is 4. The summed E-state index contributed by atoms with van der Waals surface area (Å²) in [7, 11) is 0. The number of hydrogen-bond donors (Lipinski definition) is 0. The Morgan fingerprint density at radius 1 is 0.171 bits per heavy atom. The molecule has 0 radical (unpaired) electrons. The summed E-state index contributed by atoms with van der Waals surface area (Å²) < 4.78 is 13.8. The summed E-state index contributed by atoms with van der Waals surface area (Å²) in [5.41, 5.74) is 32.0. The van der Waals surface area contributed by atoms with Gasteiger partial charge in [-0.2, -0.15) is 0 Å². The van der Waals surface area contributed by atoms with Crippen LogP contribution in [0, 0.1) is 0 Å². The average Bonchev–Trinajstić information content (AvgIpc) is 1.53. The van der Waals surface area contributed by atoms with Gasteiger partial charge in [-0.1, -0.05) is 370 Å². The van der Waals surface area contributed by atoms with Crippen LogP contribution in [0.5, 0.6) is 0 Å². The van der Waals surface area contributed by atoms with E-state index in [2.05, 4.69) is 465 Å². The van der Waals surface area contributed by atoms with Crippen LogP contribution in [-0.4, -0.2) is 0 Å². The molecule has 0 saturated carbocycles. The fourth-order valence-corrected chi connectivity index (χ4v) is 20.1. The summed E-state index contributed by atoms with van der Waals surface area (Å²) in [6.45, 7) is 0. The molecular formula is C119H76N2O2. The van der Waals surface area contributed by atoms with Crippen molar-refractivity contribution in [1.29, 1.82) is 0 Å². The van der Waals surface area contributed by atoms with Crippen molar-refractivity contribution in [2.75, 3.05) is 9.80 Å². The van der Waals surface area contributed by atoms with Gasteiger partial charge < -0.3 is 18.6 Å². The van der Waals surface area contributed by atoms with E-state index in [1.807, 2.05) is 6.07 Å². The first-order valence-electron chi connectivity index (χ1n) is 42.3. The van der Waals surface area contributed by atoms with Gasteiger partial charge >= 0.3 is 0 Å². The van der Waals surface area contributed by atoms with E-state index in [4.69, 9.17) is 8.83 Å². The minimum absolute atomic E-state index is 0.700. The molecule has 24 rings (SSSR count). The van der Waals surface area contributed by atoms with E-state index in [0.29, 0.717) is 0 Å². The van der Waals surface area contributed by atoms with Crippen molar-refractivity contribution in [3.05, 3.63) is 483 Å². The van der Waals surface area contributed by atoms with Crippen molar-refractivity contribution in [1.82, 2.24) is 0 Å². The monoisotopic (exact) mass is 1560 g/mol. The summed E-state index contributed by atoms with van der Waals surface area (Å²) in [5.74, 6) is 0. The Kier molecular flexibility index (Phi) is 16.8. The molecule has 0 atom stereocenters.